The molecule has 0 bridgehead atoms. The second-order valence-corrected chi connectivity index (χ2v) is 6.90. The third-order valence-corrected chi connectivity index (χ3v) is 5.61. The van der Waals surface area contributed by atoms with Crippen LogP contribution in [0.3, 0.4) is 0 Å². The molecule has 4 heteroatoms. The predicted octanol–water partition coefficient (Wildman–Crippen LogP) is 1.73. The zero-order chi connectivity index (χ0) is 15.1. The van der Waals surface area contributed by atoms with Gasteiger partial charge in [0.25, 0.3) is 0 Å². The number of fused-ring (bicyclic) bond motifs is 1. The van der Waals surface area contributed by atoms with Gasteiger partial charge in [0, 0.05) is 31.6 Å². The van der Waals surface area contributed by atoms with Gasteiger partial charge >= 0.3 is 0 Å². The SMILES string of the molecule is O=C1CCCN1[C@@H]1CCCN([C@H]2Cc3ccccc3[C@@H]2O)C1. The molecule has 2 fully saturated rings. The summed E-state index contributed by atoms with van der Waals surface area (Å²) in [6.45, 7) is 2.88. The molecule has 118 valence electrons. The molecule has 1 aliphatic carbocycles. The van der Waals surface area contributed by atoms with E-state index >= 15 is 0 Å². The minimum atomic E-state index is -0.385. The summed E-state index contributed by atoms with van der Waals surface area (Å²) in [4.78, 5) is 16.5. The Hall–Kier alpha value is -1.39. The number of likely N-dealkylation sites (tertiary alicyclic amines) is 2. The van der Waals surface area contributed by atoms with Crippen molar-refractivity contribution in [2.24, 2.45) is 0 Å². The standard InChI is InChI=1S/C18H24N2O2/c21-17-8-4-10-20(17)14-6-3-9-19(12-14)16-11-13-5-1-2-7-15(13)18(16)22/h1-2,5,7,14,16,18,22H,3-4,6,8-12H2/t14-,16+,18+/m1/s1. The van der Waals surface area contributed by atoms with E-state index in [9.17, 15) is 9.90 Å². The average Bonchev–Trinajstić information content (AvgIpc) is 3.12. The molecule has 22 heavy (non-hydrogen) atoms. The van der Waals surface area contributed by atoms with E-state index in [1.807, 2.05) is 12.1 Å². The third-order valence-electron chi connectivity index (χ3n) is 5.61. The van der Waals surface area contributed by atoms with Crippen LogP contribution >= 0.6 is 0 Å². The summed E-state index contributed by atoms with van der Waals surface area (Å²) in [5.74, 6) is 0.321. The molecule has 3 atom stereocenters. The minimum Gasteiger partial charge on any atom is -0.387 e. The molecular formula is C18H24N2O2. The number of carbonyl (C=O) groups excluding carboxylic acids is 1. The maximum atomic E-state index is 12.0. The topological polar surface area (TPSA) is 43.8 Å². The third kappa shape index (κ3) is 2.34. The van der Waals surface area contributed by atoms with Crippen LogP contribution in [-0.2, 0) is 11.2 Å². The highest BCUT2D eigenvalue weighted by molar-refractivity contribution is 5.78. The Labute approximate surface area is 131 Å². The summed E-state index contributed by atoms with van der Waals surface area (Å²) in [5, 5.41) is 10.7. The maximum absolute atomic E-state index is 12.0. The zero-order valence-electron chi connectivity index (χ0n) is 12.9. The van der Waals surface area contributed by atoms with E-state index in [4.69, 9.17) is 0 Å². The summed E-state index contributed by atoms with van der Waals surface area (Å²) in [5.41, 5.74) is 2.37. The number of aliphatic hydroxyl groups excluding tert-OH is 1. The smallest absolute Gasteiger partial charge is 0.222 e. The van der Waals surface area contributed by atoms with Crippen molar-refractivity contribution >= 4 is 5.91 Å². The number of carbonyl (C=O) groups is 1. The quantitative estimate of drug-likeness (QED) is 0.904. The molecule has 0 spiro atoms. The minimum absolute atomic E-state index is 0.179. The average molecular weight is 300 g/mol. The number of aliphatic hydroxyl groups is 1. The van der Waals surface area contributed by atoms with E-state index in [0.717, 1.165) is 50.9 Å². The molecule has 1 N–H and O–H groups in total. The van der Waals surface area contributed by atoms with Crippen LogP contribution in [0.5, 0.6) is 0 Å². The van der Waals surface area contributed by atoms with Gasteiger partial charge in [-0.15, -0.1) is 0 Å². The van der Waals surface area contributed by atoms with Crippen molar-refractivity contribution < 1.29 is 9.90 Å². The number of hydrogen-bond acceptors (Lipinski definition) is 3. The van der Waals surface area contributed by atoms with Crippen LogP contribution in [0.4, 0.5) is 0 Å². The van der Waals surface area contributed by atoms with Crippen molar-refractivity contribution in [2.45, 2.75) is 50.3 Å². The molecule has 4 nitrogen and oxygen atoms in total. The van der Waals surface area contributed by atoms with Gasteiger partial charge in [-0.25, -0.2) is 0 Å². The molecule has 2 aliphatic heterocycles. The first-order chi connectivity index (χ1) is 10.7. The number of rotatable bonds is 2. The van der Waals surface area contributed by atoms with E-state index in [2.05, 4.69) is 21.9 Å². The Morgan fingerprint density at radius 1 is 1.14 bits per heavy atom. The van der Waals surface area contributed by atoms with Crippen LogP contribution in [-0.4, -0.2) is 52.5 Å². The van der Waals surface area contributed by atoms with E-state index < -0.39 is 0 Å². The van der Waals surface area contributed by atoms with E-state index in [1.165, 1.54) is 5.56 Å². The monoisotopic (exact) mass is 300 g/mol. The molecule has 0 radical (unpaired) electrons. The first-order valence-electron chi connectivity index (χ1n) is 8.53. The second kappa shape index (κ2) is 5.67. The first kappa shape index (κ1) is 14.2. The Morgan fingerprint density at radius 3 is 2.77 bits per heavy atom. The fourth-order valence-corrected chi connectivity index (χ4v) is 4.48. The van der Waals surface area contributed by atoms with E-state index in [0.29, 0.717) is 18.4 Å². The number of piperidine rings is 1. The Morgan fingerprint density at radius 2 is 2.00 bits per heavy atom. The van der Waals surface area contributed by atoms with Crippen molar-refractivity contribution in [3.8, 4) is 0 Å². The van der Waals surface area contributed by atoms with Gasteiger partial charge in [0.05, 0.1) is 6.10 Å². The van der Waals surface area contributed by atoms with Gasteiger partial charge in [0.15, 0.2) is 0 Å². The number of hydrogen-bond donors (Lipinski definition) is 1. The molecule has 2 heterocycles. The Balaban J connectivity index is 1.48. The van der Waals surface area contributed by atoms with E-state index in [1.54, 1.807) is 0 Å². The van der Waals surface area contributed by atoms with Crippen LogP contribution in [0.1, 0.15) is 42.9 Å². The summed E-state index contributed by atoms with van der Waals surface area (Å²) in [6, 6.07) is 8.76. The predicted molar refractivity (Wildman–Crippen MR) is 84.4 cm³/mol. The molecular weight excluding hydrogens is 276 g/mol. The molecule has 0 aromatic heterocycles. The molecule has 1 aromatic carbocycles. The lowest BCUT2D eigenvalue weighted by Crippen LogP contribution is -2.52. The lowest BCUT2D eigenvalue weighted by molar-refractivity contribution is -0.131. The molecule has 2 saturated heterocycles. The van der Waals surface area contributed by atoms with Crippen LogP contribution in [0.2, 0.25) is 0 Å². The maximum Gasteiger partial charge on any atom is 0.222 e. The normalized spacial score (nSPS) is 32.5. The largest absolute Gasteiger partial charge is 0.387 e. The highest BCUT2D eigenvalue weighted by Gasteiger charge is 2.39. The van der Waals surface area contributed by atoms with Gasteiger partial charge in [-0.2, -0.15) is 0 Å². The molecule has 1 aromatic rings. The van der Waals surface area contributed by atoms with Gasteiger partial charge in [-0.05, 0) is 43.4 Å². The van der Waals surface area contributed by atoms with Crippen molar-refractivity contribution in [1.82, 2.24) is 9.80 Å². The van der Waals surface area contributed by atoms with Gasteiger partial charge in [0.2, 0.25) is 5.91 Å². The van der Waals surface area contributed by atoms with Crippen LogP contribution < -0.4 is 0 Å². The summed E-state index contributed by atoms with van der Waals surface area (Å²) >= 11 is 0. The molecule has 3 aliphatic rings. The van der Waals surface area contributed by atoms with Crippen LogP contribution in [0.25, 0.3) is 0 Å². The number of benzene rings is 1. The fraction of sp³-hybridized carbons (Fsp3) is 0.611. The van der Waals surface area contributed by atoms with Gasteiger partial charge < -0.3 is 10.0 Å². The summed E-state index contributed by atoms with van der Waals surface area (Å²) < 4.78 is 0. The molecule has 4 rings (SSSR count). The molecule has 1 amide bonds. The van der Waals surface area contributed by atoms with Crippen molar-refractivity contribution in [3.05, 3.63) is 35.4 Å². The fourth-order valence-electron chi connectivity index (χ4n) is 4.48. The van der Waals surface area contributed by atoms with Gasteiger partial charge in [-0.1, -0.05) is 24.3 Å². The number of nitrogens with zero attached hydrogens (tertiary/aromatic N) is 2. The Bertz CT molecular complexity index is 574. The highest BCUT2D eigenvalue weighted by atomic mass is 16.3. The highest BCUT2D eigenvalue weighted by Crippen LogP contribution is 2.36. The zero-order valence-corrected chi connectivity index (χ0v) is 12.9. The lowest BCUT2D eigenvalue weighted by atomic mass is 10.0. The van der Waals surface area contributed by atoms with Crippen LogP contribution in [0, 0.1) is 0 Å². The first-order valence-corrected chi connectivity index (χ1v) is 8.53. The summed E-state index contributed by atoms with van der Waals surface area (Å²) in [6.07, 6.45) is 4.49. The van der Waals surface area contributed by atoms with E-state index in [-0.39, 0.29) is 12.1 Å². The van der Waals surface area contributed by atoms with Crippen molar-refractivity contribution in [3.63, 3.8) is 0 Å². The molecule has 0 saturated carbocycles. The summed E-state index contributed by atoms with van der Waals surface area (Å²) in [7, 11) is 0. The lowest BCUT2D eigenvalue weighted by Gasteiger charge is -2.41. The Kier molecular flexibility index (Phi) is 3.66. The van der Waals surface area contributed by atoms with Crippen molar-refractivity contribution in [2.75, 3.05) is 19.6 Å². The number of amides is 1. The second-order valence-electron chi connectivity index (χ2n) is 6.90. The van der Waals surface area contributed by atoms with Gasteiger partial charge in [0.1, 0.15) is 0 Å². The molecule has 0 unspecified atom stereocenters. The van der Waals surface area contributed by atoms with Crippen molar-refractivity contribution in [1.29, 1.82) is 0 Å². The van der Waals surface area contributed by atoms with Crippen LogP contribution in [0.15, 0.2) is 24.3 Å². The van der Waals surface area contributed by atoms with Gasteiger partial charge in [-0.3, -0.25) is 9.69 Å².